The molecule has 0 unspecified atom stereocenters. The van der Waals surface area contributed by atoms with Crippen LogP contribution in [0.15, 0.2) is 24.3 Å². The van der Waals surface area contributed by atoms with Crippen molar-refractivity contribution in [2.45, 2.75) is 24.8 Å². The lowest BCUT2D eigenvalue weighted by Crippen LogP contribution is -2.44. The van der Waals surface area contributed by atoms with Gasteiger partial charge in [-0.15, -0.1) is 11.8 Å². The van der Waals surface area contributed by atoms with Gasteiger partial charge in [-0.2, -0.15) is 0 Å². The number of benzene rings is 1. The van der Waals surface area contributed by atoms with Crippen LogP contribution in [-0.2, 0) is 20.0 Å². The molecule has 0 saturated carbocycles. The van der Waals surface area contributed by atoms with E-state index in [2.05, 4.69) is 5.32 Å². The van der Waals surface area contributed by atoms with Crippen LogP contribution in [0.2, 0.25) is 5.02 Å². The van der Waals surface area contributed by atoms with Crippen molar-refractivity contribution in [1.82, 2.24) is 5.32 Å². The summed E-state index contributed by atoms with van der Waals surface area (Å²) in [6.45, 7) is 3.63. The quantitative estimate of drug-likeness (QED) is 0.835. The number of nitrogens with one attached hydrogen (secondary N) is 1. The average molecular weight is 330 g/mol. The number of thioether (sulfide) groups is 1. The normalized spacial score (nSPS) is 21.4. The molecule has 1 amide bonds. The summed E-state index contributed by atoms with van der Waals surface area (Å²) >= 11 is 7.63. The minimum absolute atomic E-state index is 0.00672. The Morgan fingerprint density at radius 1 is 1.48 bits per heavy atom. The molecule has 1 heterocycles. The third-order valence-corrected chi connectivity index (χ3v) is 4.55. The summed E-state index contributed by atoms with van der Waals surface area (Å²) in [5.74, 6) is 1.14. The number of amides is 1. The van der Waals surface area contributed by atoms with Crippen LogP contribution >= 0.6 is 23.4 Å². The van der Waals surface area contributed by atoms with Crippen LogP contribution in [0.3, 0.4) is 0 Å². The second kappa shape index (κ2) is 8.63. The van der Waals surface area contributed by atoms with Crippen molar-refractivity contribution in [3.63, 3.8) is 0 Å². The molecule has 1 fully saturated rings. The van der Waals surface area contributed by atoms with Gasteiger partial charge in [0.15, 0.2) is 0 Å². The zero-order valence-corrected chi connectivity index (χ0v) is 13.6. The van der Waals surface area contributed by atoms with Gasteiger partial charge in [0, 0.05) is 17.4 Å². The van der Waals surface area contributed by atoms with Crippen molar-refractivity contribution in [1.29, 1.82) is 0 Å². The predicted octanol–water partition coefficient (Wildman–Crippen LogP) is 2.49. The molecule has 4 nitrogen and oxygen atoms in total. The number of halogens is 1. The first-order valence-corrected chi connectivity index (χ1v) is 8.53. The molecule has 0 aliphatic carbocycles. The van der Waals surface area contributed by atoms with Gasteiger partial charge in [-0.25, -0.2) is 0 Å². The van der Waals surface area contributed by atoms with E-state index in [1.807, 2.05) is 31.2 Å². The molecule has 1 aliphatic heterocycles. The van der Waals surface area contributed by atoms with Gasteiger partial charge >= 0.3 is 0 Å². The Morgan fingerprint density at radius 3 is 3.05 bits per heavy atom. The number of ether oxygens (including phenoxy) is 2. The lowest BCUT2D eigenvalue weighted by Gasteiger charge is -2.18. The van der Waals surface area contributed by atoms with Gasteiger partial charge in [-0.1, -0.05) is 29.8 Å². The second-order valence-corrected chi connectivity index (χ2v) is 6.18. The number of carbonyl (C=O) groups excluding carboxylic acids is 1. The summed E-state index contributed by atoms with van der Waals surface area (Å²) in [7, 11) is 0. The number of hydrogen-bond donors (Lipinski definition) is 1. The van der Waals surface area contributed by atoms with Crippen molar-refractivity contribution >= 4 is 29.3 Å². The van der Waals surface area contributed by atoms with Crippen LogP contribution in [0.4, 0.5) is 0 Å². The van der Waals surface area contributed by atoms with Gasteiger partial charge in [-0.3, -0.25) is 4.79 Å². The van der Waals surface area contributed by atoms with E-state index in [1.165, 1.54) is 0 Å². The fraction of sp³-hybridized carbons (Fsp3) is 0.533. The van der Waals surface area contributed by atoms with Crippen LogP contribution in [0.5, 0.6) is 0 Å². The molecule has 2 atom stereocenters. The van der Waals surface area contributed by atoms with Crippen molar-refractivity contribution in [3.05, 3.63) is 34.9 Å². The first-order valence-electron chi connectivity index (χ1n) is 7.00. The Morgan fingerprint density at radius 2 is 2.29 bits per heavy atom. The molecule has 21 heavy (non-hydrogen) atoms. The van der Waals surface area contributed by atoms with Crippen molar-refractivity contribution in [2.24, 2.45) is 0 Å². The van der Waals surface area contributed by atoms with E-state index < -0.39 is 0 Å². The minimum Gasteiger partial charge on any atom is -0.376 e. The monoisotopic (exact) mass is 329 g/mol. The molecule has 0 spiro atoms. The number of carbonyl (C=O) groups is 1. The van der Waals surface area contributed by atoms with E-state index in [-0.39, 0.29) is 18.1 Å². The lowest BCUT2D eigenvalue weighted by atomic mass is 10.2. The van der Waals surface area contributed by atoms with E-state index >= 15 is 0 Å². The Hall–Kier alpha value is -0.750. The van der Waals surface area contributed by atoms with Crippen LogP contribution in [-0.4, -0.2) is 43.6 Å². The van der Waals surface area contributed by atoms with Crippen molar-refractivity contribution in [3.8, 4) is 0 Å². The molecule has 1 aromatic rings. The molecular formula is C15H20ClNO3S. The fourth-order valence-corrected chi connectivity index (χ4v) is 3.29. The molecule has 1 saturated heterocycles. The maximum absolute atomic E-state index is 11.9. The molecule has 0 radical (unpaired) electrons. The van der Waals surface area contributed by atoms with Gasteiger partial charge in [0.2, 0.25) is 5.91 Å². The first-order chi connectivity index (χ1) is 10.2. The third kappa shape index (κ3) is 5.18. The van der Waals surface area contributed by atoms with E-state index in [0.29, 0.717) is 25.6 Å². The highest BCUT2D eigenvalue weighted by Crippen LogP contribution is 2.20. The Labute approximate surface area is 134 Å². The standard InChI is InChI=1S/C15H20ClNO3S/c1-2-20-14-8-19-7-13(14)17-15(18)10-21-9-11-5-3-4-6-12(11)16/h3-6,13-14H,2,7-10H2,1H3,(H,17,18)/t13-,14-/m0/s1. The largest absolute Gasteiger partial charge is 0.376 e. The molecule has 1 aromatic carbocycles. The average Bonchev–Trinajstić information content (AvgIpc) is 2.89. The smallest absolute Gasteiger partial charge is 0.230 e. The molecule has 0 bridgehead atoms. The third-order valence-electron chi connectivity index (χ3n) is 3.20. The summed E-state index contributed by atoms with van der Waals surface area (Å²) in [6.07, 6.45) is -0.0347. The maximum atomic E-state index is 11.9. The van der Waals surface area contributed by atoms with Gasteiger partial charge in [-0.05, 0) is 18.6 Å². The summed E-state index contributed by atoms with van der Waals surface area (Å²) in [4.78, 5) is 11.9. The highest BCUT2D eigenvalue weighted by Gasteiger charge is 2.29. The van der Waals surface area contributed by atoms with E-state index in [0.717, 1.165) is 16.3 Å². The maximum Gasteiger partial charge on any atom is 0.230 e. The van der Waals surface area contributed by atoms with Crippen molar-refractivity contribution in [2.75, 3.05) is 25.6 Å². The zero-order valence-electron chi connectivity index (χ0n) is 12.0. The second-order valence-electron chi connectivity index (χ2n) is 4.79. The highest BCUT2D eigenvalue weighted by atomic mass is 35.5. The van der Waals surface area contributed by atoms with Crippen LogP contribution < -0.4 is 5.32 Å². The van der Waals surface area contributed by atoms with Gasteiger partial charge in [0.1, 0.15) is 6.10 Å². The van der Waals surface area contributed by atoms with Gasteiger partial charge < -0.3 is 14.8 Å². The topological polar surface area (TPSA) is 47.6 Å². The number of hydrogen-bond acceptors (Lipinski definition) is 4. The van der Waals surface area contributed by atoms with E-state index in [4.69, 9.17) is 21.1 Å². The van der Waals surface area contributed by atoms with Crippen LogP contribution in [0.1, 0.15) is 12.5 Å². The Balaban J connectivity index is 1.71. The number of rotatable bonds is 7. The predicted molar refractivity (Wildman–Crippen MR) is 85.8 cm³/mol. The zero-order chi connectivity index (χ0) is 15.1. The molecule has 6 heteroatoms. The fourth-order valence-electron chi connectivity index (χ4n) is 2.17. The Kier molecular flexibility index (Phi) is 6.83. The molecule has 0 aromatic heterocycles. The Bertz CT molecular complexity index is 472. The van der Waals surface area contributed by atoms with Crippen LogP contribution in [0.25, 0.3) is 0 Å². The molecule has 2 rings (SSSR count). The summed E-state index contributed by atoms with van der Waals surface area (Å²) in [5, 5.41) is 3.71. The SMILES string of the molecule is CCO[C@H]1COC[C@@H]1NC(=O)CSCc1ccccc1Cl. The highest BCUT2D eigenvalue weighted by molar-refractivity contribution is 7.99. The molecule has 116 valence electrons. The molecular weight excluding hydrogens is 310 g/mol. The minimum atomic E-state index is -0.0432. The van der Waals surface area contributed by atoms with Gasteiger partial charge in [0.25, 0.3) is 0 Å². The summed E-state index contributed by atoms with van der Waals surface area (Å²) in [6, 6.07) is 7.64. The van der Waals surface area contributed by atoms with E-state index in [1.54, 1.807) is 11.8 Å². The first kappa shape index (κ1) is 16.6. The molecule has 1 aliphatic rings. The summed E-state index contributed by atoms with van der Waals surface area (Å²) in [5.41, 5.74) is 1.05. The van der Waals surface area contributed by atoms with E-state index in [9.17, 15) is 4.79 Å². The van der Waals surface area contributed by atoms with Crippen molar-refractivity contribution < 1.29 is 14.3 Å². The molecule has 1 N–H and O–H groups in total. The van der Waals surface area contributed by atoms with Gasteiger partial charge in [0.05, 0.1) is 25.0 Å². The van der Waals surface area contributed by atoms with Crippen LogP contribution in [0, 0.1) is 0 Å². The summed E-state index contributed by atoms with van der Waals surface area (Å²) < 4.78 is 10.9. The lowest BCUT2D eigenvalue weighted by molar-refractivity contribution is -0.120.